The summed E-state index contributed by atoms with van der Waals surface area (Å²) in [6.45, 7) is 3.10. The lowest BCUT2D eigenvalue weighted by atomic mass is 9.96. The maximum atomic E-state index is 13.8. The van der Waals surface area contributed by atoms with Crippen LogP contribution in [0.4, 0.5) is 22.0 Å². The van der Waals surface area contributed by atoms with Crippen molar-refractivity contribution in [3.05, 3.63) is 41.5 Å². The van der Waals surface area contributed by atoms with Crippen molar-refractivity contribution in [2.45, 2.75) is 25.4 Å². The summed E-state index contributed by atoms with van der Waals surface area (Å²) in [6.07, 6.45) is -3.47. The standard InChI is InChI=1S/C16H16F5NO/c1-2-10-6-14(18)11(7-13(10)17)8-15(23)22-5-3-4-12(9-22)16(19,20)21/h2,6-7,12H,1,3-5,8-9H2. The Morgan fingerprint density at radius 1 is 1.30 bits per heavy atom. The van der Waals surface area contributed by atoms with Crippen molar-refractivity contribution in [1.82, 2.24) is 4.90 Å². The quantitative estimate of drug-likeness (QED) is 0.767. The molecule has 0 aliphatic carbocycles. The average molecular weight is 333 g/mol. The van der Waals surface area contributed by atoms with Crippen LogP contribution in [-0.4, -0.2) is 30.1 Å². The van der Waals surface area contributed by atoms with Gasteiger partial charge in [-0.3, -0.25) is 4.79 Å². The largest absolute Gasteiger partial charge is 0.393 e. The Bertz CT molecular complexity index is 611. The monoisotopic (exact) mass is 333 g/mol. The van der Waals surface area contributed by atoms with Gasteiger partial charge in [0.15, 0.2) is 0 Å². The van der Waals surface area contributed by atoms with Crippen LogP contribution in [0.3, 0.4) is 0 Å². The molecule has 1 amide bonds. The Kier molecular flexibility index (Phi) is 5.06. The molecule has 1 atom stereocenters. The van der Waals surface area contributed by atoms with Gasteiger partial charge in [-0.15, -0.1) is 0 Å². The third-order valence-corrected chi connectivity index (χ3v) is 3.96. The van der Waals surface area contributed by atoms with Gasteiger partial charge >= 0.3 is 6.18 Å². The van der Waals surface area contributed by atoms with Gasteiger partial charge < -0.3 is 4.90 Å². The third-order valence-electron chi connectivity index (χ3n) is 3.96. The fourth-order valence-electron chi connectivity index (χ4n) is 2.64. The molecule has 2 rings (SSSR count). The Labute approximate surface area is 130 Å². The molecule has 1 heterocycles. The highest BCUT2D eigenvalue weighted by molar-refractivity contribution is 5.79. The predicted molar refractivity (Wildman–Crippen MR) is 75.5 cm³/mol. The summed E-state index contributed by atoms with van der Waals surface area (Å²) in [5.74, 6) is -3.71. The van der Waals surface area contributed by atoms with Crippen LogP contribution < -0.4 is 0 Å². The summed E-state index contributed by atoms with van der Waals surface area (Å²) in [5, 5.41) is 0. The third kappa shape index (κ3) is 4.09. The van der Waals surface area contributed by atoms with Crippen LogP contribution >= 0.6 is 0 Å². The van der Waals surface area contributed by atoms with E-state index in [1.165, 1.54) is 0 Å². The van der Waals surface area contributed by atoms with Crippen LogP contribution in [0, 0.1) is 17.6 Å². The van der Waals surface area contributed by atoms with E-state index in [9.17, 15) is 26.7 Å². The van der Waals surface area contributed by atoms with E-state index in [-0.39, 0.29) is 30.5 Å². The topological polar surface area (TPSA) is 20.3 Å². The molecule has 0 radical (unpaired) electrons. The van der Waals surface area contributed by atoms with E-state index in [2.05, 4.69) is 6.58 Å². The number of hydrogen-bond donors (Lipinski definition) is 0. The van der Waals surface area contributed by atoms with Gasteiger partial charge in [0.25, 0.3) is 0 Å². The van der Waals surface area contributed by atoms with Crippen LogP contribution in [0.1, 0.15) is 24.0 Å². The van der Waals surface area contributed by atoms with E-state index >= 15 is 0 Å². The molecule has 7 heteroatoms. The van der Waals surface area contributed by atoms with Gasteiger partial charge in [-0.25, -0.2) is 8.78 Å². The smallest absolute Gasteiger partial charge is 0.342 e. The number of nitrogens with zero attached hydrogens (tertiary/aromatic N) is 1. The Hall–Kier alpha value is -1.92. The number of halogens is 5. The Balaban J connectivity index is 2.10. The van der Waals surface area contributed by atoms with Crippen molar-refractivity contribution in [2.75, 3.05) is 13.1 Å². The van der Waals surface area contributed by atoms with Crippen LogP contribution in [0.15, 0.2) is 18.7 Å². The van der Waals surface area contributed by atoms with Gasteiger partial charge in [0.1, 0.15) is 11.6 Å². The first-order valence-corrected chi connectivity index (χ1v) is 7.17. The zero-order chi connectivity index (χ0) is 17.2. The van der Waals surface area contributed by atoms with Gasteiger partial charge in [-0.05, 0) is 25.0 Å². The maximum Gasteiger partial charge on any atom is 0.393 e. The number of hydrogen-bond acceptors (Lipinski definition) is 1. The summed E-state index contributed by atoms with van der Waals surface area (Å²) in [6, 6.07) is 1.80. The Morgan fingerprint density at radius 2 is 2.00 bits per heavy atom. The molecule has 0 aromatic heterocycles. The molecule has 1 fully saturated rings. The number of alkyl halides is 3. The van der Waals surface area contributed by atoms with E-state index in [0.717, 1.165) is 23.1 Å². The molecule has 0 spiro atoms. The maximum absolute atomic E-state index is 13.8. The molecule has 2 nitrogen and oxygen atoms in total. The minimum atomic E-state index is -4.36. The molecule has 1 aromatic rings. The van der Waals surface area contributed by atoms with Gasteiger partial charge in [0.2, 0.25) is 5.91 Å². The number of carbonyl (C=O) groups is 1. The van der Waals surface area contributed by atoms with Gasteiger partial charge in [-0.2, -0.15) is 13.2 Å². The van der Waals surface area contributed by atoms with Crippen molar-refractivity contribution < 1.29 is 26.7 Å². The molecule has 126 valence electrons. The lowest BCUT2D eigenvalue weighted by molar-refractivity contribution is -0.187. The fourth-order valence-corrected chi connectivity index (χ4v) is 2.64. The second-order valence-corrected chi connectivity index (χ2v) is 5.57. The minimum Gasteiger partial charge on any atom is -0.342 e. The van der Waals surface area contributed by atoms with E-state index in [1.807, 2.05) is 0 Å². The minimum absolute atomic E-state index is 0.0235. The predicted octanol–water partition coefficient (Wildman–Crippen LogP) is 3.95. The van der Waals surface area contributed by atoms with Crippen molar-refractivity contribution in [3.8, 4) is 0 Å². The molecule has 1 unspecified atom stereocenters. The molecular weight excluding hydrogens is 317 g/mol. The lowest BCUT2D eigenvalue weighted by Crippen LogP contribution is -2.45. The molecule has 0 N–H and O–H groups in total. The van der Waals surface area contributed by atoms with E-state index < -0.39 is 42.6 Å². The molecular formula is C16H16F5NO. The number of piperidine rings is 1. The summed E-state index contributed by atoms with van der Waals surface area (Å²) in [7, 11) is 0. The molecule has 0 saturated carbocycles. The summed E-state index contributed by atoms with van der Waals surface area (Å²) >= 11 is 0. The average Bonchev–Trinajstić information content (AvgIpc) is 2.49. The number of carbonyl (C=O) groups excluding carboxylic acids is 1. The first-order valence-electron chi connectivity index (χ1n) is 7.17. The number of rotatable bonds is 3. The Morgan fingerprint density at radius 3 is 2.61 bits per heavy atom. The molecule has 23 heavy (non-hydrogen) atoms. The van der Waals surface area contributed by atoms with E-state index in [0.29, 0.717) is 0 Å². The second-order valence-electron chi connectivity index (χ2n) is 5.57. The van der Waals surface area contributed by atoms with Crippen LogP contribution in [0.5, 0.6) is 0 Å². The molecule has 1 aliphatic heterocycles. The van der Waals surface area contributed by atoms with E-state index in [4.69, 9.17) is 0 Å². The van der Waals surface area contributed by atoms with Crippen LogP contribution in [-0.2, 0) is 11.2 Å². The first-order chi connectivity index (χ1) is 10.7. The van der Waals surface area contributed by atoms with E-state index in [1.54, 1.807) is 0 Å². The second kappa shape index (κ2) is 6.68. The number of likely N-dealkylation sites (tertiary alicyclic amines) is 1. The first kappa shape index (κ1) is 17.4. The zero-order valence-corrected chi connectivity index (χ0v) is 12.3. The normalized spacial score (nSPS) is 18.8. The molecule has 1 aromatic carbocycles. The number of amides is 1. The highest BCUT2D eigenvalue weighted by atomic mass is 19.4. The lowest BCUT2D eigenvalue weighted by Gasteiger charge is -2.33. The fraction of sp³-hybridized carbons (Fsp3) is 0.438. The van der Waals surface area contributed by atoms with Crippen molar-refractivity contribution in [1.29, 1.82) is 0 Å². The van der Waals surface area contributed by atoms with Crippen molar-refractivity contribution in [3.63, 3.8) is 0 Å². The molecule has 1 aliphatic rings. The van der Waals surface area contributed by atoms with Crippen LogP contribution in [0.2, 0.25) is 0 Å². The highest BCUT2D eigenvalue weighted by Gasteiger charge is 2.42. The van der Waals surface area contributed by atoms with Gasteiger partial charge in [0, 0.05) is 24.2 Å². The molecule has 0 bridgehead atoms. The summed E-state index contributed by atoms with van der Waals surface area (Å²) < 4.78 is 65.7. The SMILES string of the molecule is C=Cc1cc(F)c(CC(=O)N2CCCC(C(F)(F)F)C2)cc1F. The van der Waals surface area contributed by atoms with Gasteiger partial charge in [0.05, 0.1) is 12.3 Å². The molecule has 1 saturated heterocycles. The van der Waals surface area contributed by atoms with Crippen molar-refractivity contribution >= 4 is 12.0 Å². The summed E-state index contributed by atoms with van der Waals surface area (Å²) in [4.78, 5) is 13.2. The van der Waals surface area contributed by atoms with Crippen molar-refractivity contribution in [2.24, 2.45) is 5.92 Å². The van der Waals surface area contributed by atoms with Gasteiger partial charge in [-0.1, -0.05) is 12.7 Å². The summed E-state index contributed by atoms with van der Waals surface area (Å²) in [5.41, 5.74) is -0.207. The van der Waals surface area contributed by atoms with Crippen LogP contribution in [0.25, 0.3) is 6.08 Å². The number of benzene rings is 1. The zero-order valence-electron chi connectivity index (χ0n) is 12.3. The highest BCUT2D eigenvalue weighted by Crippen LogP contribution is 2.33.